The number of aromatic nitrogens is 2. The summed E-state index contributed by atoms with van der Waals surface area (Å²) in [5.41, 5.74) is 8.26. The van der Waals surface area contributed by atoms with E-state index in [1.807, 2.05) is 24.9 Å². The normalized spacial score (nSPS) is 13.3. The van der Waals surface area contributed by atoms with Crippen LogP contribution in [0.3, 0.4) is 0 Å². The van der Waals surface area contributed by atoms with Crippen LogP contribution >= 0.6 is 0 Å². The molecule has 0 amide bonds. The molecule has 0 aliphatic carbocycles. The third-order valence-electron chi connectivity index (χ3n) is 2.07. The van der Waals surface area contributed by atoms with Crippen molar-refractivity contribution in [1.82, 2.24) is 9.78 Å². The van der Waals surface area contributed by atoms with E-state index in [1.165, 1.54) is 11.3 Å². The quantitative estimate of drug-likeness (QED) is 0.739. The second-order valence-corrected chi connectivity index (χ2v) is 3.21. The number of hydrogen-bond donors (Lipinski definition) is 1. The molecule has 0 aromatic carbocycles. The van der Waals surface area contributed by atoms with Gasteiger partial charge in [0.15, 0.2) is 0 Å². The highest BCUT2D eigenvalue weighted by molar-refractivity contribution is 5.20. The molecule has 0 fully saturated rings. The van der Waals surface area contributed by atoms with Crippen LogP contribution in [0, 0.1) is 0 Å². The SMILES string of the molecule is CCCc1c(C(C)N)cnn1C. The minimum absolute atomic E-state index is 0.0975. The number of hydrogen-bond acceptors (Lipinski definition) is 2. The van der Waals surface area contributed by atoms with Crippen LogP contribution in [0.5, 0.6) is 0 Å². The number of nitrogens with two attached hydrogens (primary N) is 1. The predicted octanol–water partition coefficient (Wildman–Crippen LogP) is 1.39. The van der Waals surface area contributed by atoms with Crippen molar-refractivity contribution in [2.45, 2.75) is 32.7 Å². The first-order valence-corrected chi connectivity index (χ1v) is 4.43. The first kappa shape index (κ1) is 9.26. The standard InChI is InChI=1S/C9H17N3/c1-4-5-9-8(7(2)10)6-11-12(9)3/h6-7H,4-5,10H2,1-3H3. The summed E-state index contributed by atoms with van der Waals surface area (Å²) < 4.78 is 1.92. The van der Waals surface area contributed by atoms with Crippen LogP contribution in [-0.4, -0.2) is 9.78 Å². The zero-order valence-corrected chi connectivity index (χ0v) is 8.04. The van der Waals surface area contributed by atoms with Gasteiger partial charge in [0.25, 0.3) is 0 Å². The molecule has 1 aromatic rings. The molecule has 3 heteroatoms. The molecule has 0 bridgehead atoms. The van der Waals surface area contributed by atoms with Gasteiger partial charge in [0.05, 0.1) is 6.20 Å². The monoisotopic (exact) mass is 167 g/mol. The molecule has 0 radical (unpaired) electrons. The van der Waals surface area contributed by atoms with Crippen molar-refractivity contribution >= 4 is 0 Å². The Balaban J connectivity index is 2.95. The van der Waals surface area contributed by atoms with Crippen molar-refractivity contribution in [3.8, 4) is 0 Å². The fraction of sp³-hybridized carbons (Fsp3) is 0.667. The minimum Gasteiger partial charge on any atom is -0.324 e. The van der Waals surface area contributed by atoms with Gasteiger partial charge < -0.3 is 5.73 Å². The first-order valence-electron chi connectivity index (χ1n) is 4.43. The Kier molecular flexibility index (Phi) is 2.87. The summed E-state index contributed by atoms with van der Waals surface area (Å²) in [4.78, 5) is 0. The smallest absolute Gasteiger partial charge is 0.0540 e. The van der Waals surface area contributed by atoms with E-state index in [0.717, 1.165) is 12.8 Å². The van der Waals surface area contributed by atoms with Gasteiger partial charge in [-0.25, -0.2) is 0 Å². The van der Waals surface area contributed by atoms with Gasteiger partial charge in [-0.05, 0) is 13.3 Å². The summed E-state index contributed by atoms with van der Waals surface area (Å²) in [6, 6.07) is 0.0975. The first-order chi connectivity index (χ1) is 5.66. The molecule has 2 N–H and O–H groups in total. The van der Waals surface area contributed by atoms with E-state index in [4.69, 9.17) is 5.73 Å². The molecule has 1 heterocycles. The summed E-state index contributed by atoms with van der Waals surface area (Å²) >= 11 is 0. The number of aryl methyl sites for hydroxylation is 1. The van der Waals surface area contributed by atoms with Crippen LogP contribution in [0.4, 0.5) is 0 Å². The van der Waals surface area contributed by atoms with E-state index in [1.54, 1.807) is 0 Å². The highest BCUT2D eigenvalue weighted by atomic mass is 15.3. The Morgan fingerprint density at radius 1 is 1.67 bits per heavy atom. The summed E-state index contributed by atoms with van der Waals surface area (Å²) in [6.07, 6.45) is 4.07. The molecule has 0 saturated heterocycles. The average Bonchev–Trinajstić information content (AvgIpc) is 2.34. The van der Waals surface area contributed by atoms with Crippen LogP contribution in [0.1, 0.15) is 37.6 Å². The lowest BCUT2D eigenvalue weighted by Crippen LogP contribution is -2.08. The highest BCUT2D eigenvalue weighted by Gasteiger charge is 2.10. The van der Waals surface area contributed by atoms with Gasteiger partial charge in [-0.3, -0.25) is 4.68 Å². The Morgan fingerprint density at radius 2 is 2.33 bits per heavy atom. The van der Waals surface area contributed by atoms with E-state index in [2.05, 4.69) is 12.0 Å². The zero-order valence-electron chi connectivity index (χ0n) is 8.04. The Hall–Kier alpha value is -0.830. The maximum Gasteiger partial charge on any atom is 0.0540 e. The molecular formula is C9H17N3. The molecule has 12 heavy (non-hydrogen) atoms. The van der Waals surface area contributed by atoms with Crippen LogP contribution < -0.4 is 5.73 Å². The van der Waals surface area contributed by atoms with E-state index in [0.29, 0.717) is 0 Å². The van der Waals surface area contributed by atoms with Crippen LogP contribution in [0.25, 0.3) is 0 Å². The Morgan fingerprint density at radius 3 is 2.83 bits per heavy atom. The van der Waals surface area contributed by atoms with Gasteiger partial charge in [-0.1, -0.05) is 13.3 Å². The van der Waals surface area contributed by atoms with Gasteiger partial charge in [0.1, 0.15) is 0 Å². The summed E-state index contributed by atoms with van der Waals surface area (Å²) in [5, 5.41) is 4.19. The van der Waals surface area contributed by atoms with Crippen molar-refractivity contribution < 1.29 is 0 Å². The predicted molar refractivity (Wildman–Crippen MR) is 49.8 cm³/mol. The van der Waals surface area contributed by atoms with E-state index >= 15 is 0 Å². The molecule has 0 saturated carbocycles. The highest BCUT2D eigenvalue weighted by Crippen LogP contribution is 2.15. The molecule has 1 unspecified atom stereocenters. The molecular weight excluding hydrogens is 150 g/mol. The van der Waals surface area contributed by atoms with Crippen molar-refractivity contribution in [2.24, 2.45) is 12.8 Å². The molecule has 0 spiro atoms. The largest absolute Gasteiger partial charge is 0.324 e. The molecule has 0 aliphatic rings. The topological polar surface area (TPSA) is 43.8 Å². The number of nitrogens with zero attached hydrogens (tertiary/aromatic N) is 2. The lowest BCUT2D eigenvalue weighted by atomic mass is 10.1. The van der Waals surface area contributed by atoms with E-state index < -0.39 is 0 Å². The summed E-state index contributed by atoms with van der Waals surface area (Å²) in [5.74, 6) is 0. The molecule has 1 aromatic heterocycles. The third kappa shape index (κ3) is 1.67. The lowest BCUT2D eigenvalue weighted by molar-refractivity contribution is 0.684. The van der Waals surface area contributed by atoms with Crippen LogP contribution in [-0.2, 0) is 13.5 Å². The van der Waals surface area contributed by atoms with Gasteiger partial charge in [-0.2, -0.15) is 5.10 Å². The van der Waals surface area contributed by atoms with Gasteiger partial charge in [0, 0.05) is 24.3 Å². The molecule has 3 nitrogen and oxygen atoms in total. The van der Waals surface area contributed by atoms with Crippen LogP contribution in [0.15, 0.2) is 6.20 Å². The summed E-state index contributed by atoms with van der Waals surface area (Å²) in [6.45, 7) is 4.16. The lowest BCUT2D eigenvalue weighted by Gasteiger charge is -2.06. The fourth-order valence-corrected chi connectivity index (χ4v) is 1.40. The second kappa shape index (κ2) is 3.72. The maximum absolute atomic E-state index is 5.80. The maximum atomic E-state index is 5.80. The second-order valence-electron chi connectivity index (χ2n) is 3.21. The van der Waals surface area contributed by atoms with Crippen molar-refractivity contribution in [3.05, 3.63) is 17.5 Å². The molecule has 68 valence electrons. The van der Waals surface area contributed by atoms with Crippen molar-refractivity contribution in [1.29, 1.82) is 0 Å². The van der Waals surface area contributed by atoms with Gasteiger partial charge >= 0.3 is 0 Å². The molecule has 1 atom stereocenters. The van der Waals surface area contributed by atoms with Crippen molar-refractivity contribution in [2.75, 3.05) is 0 Å². The van der Waals surface area contributed by atoms with Gasteiger partial charge in [0.2, 0.25) is 0 Å². The number of rotatable bonds is 3. The molecule has 1 rings (SSSR count). The zero-order chi connectivity index (χ0) is 9.14. The van der Waals surface area contributed by atoms with E-state index in [9.17, 15) is 0 Å². The fourth-order valence-electron chi connectivity index (χ4n) is 1.40. The van der Waals surface area contributed by atoms with E-state index in [-0.39, 0.29) is 6.04 Å². The van der Waals surface area contributed by atoms with Gasteiger partial charge in [-0.15, -0.1) is 0 Å². The summed E-state index contributed by atoms with van der Waals surface area (Å²) in [7, 11) is 1.97. The minimum atomic E-state index is 0.0975. The third-order valence-corrected chi connectivity index (χ3v) is 2.07. The van der Waals surface area contributed by atoms with Crippen LogP contribution in [0.2, 0.25) is 0 Å². The average molecular weight is 167 g/mol. The Bertz CT molecular complexity index is 250. The Labute approximate surface area is 73.6 Å². The molecule has 0 aliphatic heterocycles. The van der Waals surface area contributed by atoms with Crippen molar-refractivity contribution in [3.63, 3.8) is 0 Å².